The maximum absolute atomic E-state index is 2.37. The van der Waals surface area contributed by atoms with Gasteiger partial charge in [0.2, 0.25) is 0 Å². The predicted molar refractivity (Wildman–Crippen MR) is 57.1 cm³/mol. The Balaban J connectivity index is 2.67. The van der Waals surface area contributed by atoms with E-state index in [1.165, 1.54) is 21.8 Å². The quantitative estimate of drug-likeness (QED) is 0.746. The zero-order valence-corrected chi connectivity index (χ0v) is 11.0. The molecular formula is C10H14Se2. The molecule has 0 nitrogen and oxygen atoms in total. The fourth-order valence-corrected chi connectivity index (χ4v) is 3.29. The van der Waals surface area contributed by atoms with E-state index in [1.54, 1.807) is 0 Å². The maximum atomic E-state index is 2.37. The van der Waals surface area contributed by atoms with Gasteiger partial charge in [0.25, 0.3) is 0 Å². The normalized spacial score (nSPS) is 10.2. The molecule has 0 aliphatic heterocycles. The van der Waals surface area contributed by atoms with Crippen LogP contribution >= 0.6 is 0 Å². The molecule has 0 aliphatic rings. The first-order valence-electron chi connectivity index (χ1n) is 3.92. The Morgan fingerprint density at radius 2 is 1.50 bits per heavy atom. The van der Waals surface area contributed by atoms with Crippen LogP contribution in [-0.4, -0.2) is 29.9 Å². The van der Waals surface area contributed by atoms with Crippen LogP contribution < -0.4 is 0 Å². The monoisotopic (exact) mass is 294 g/mol. The molecule has 0 unspecified atom stereocenters. The topological polar surface area (TPSA) is 0 Å². The van der Waals surface area contributed by atoms with Crippen molar-refractivity contribution in [3.05, 3.63) is 35.4 Å². The summed E-state index contributed by atoms with van der Waals surface area (Å²) in [5.41, 5.74) is 3.05. The molecule has 1 aromatic carbocycles. The molecule has 0 aromatic heterocycles. The summed E-state index contributed by atoms with van der Waals surface area (Å²) in [5, 5.41) is 2.58. The first-order valence-corrected chi connectivity index (χ1v) is 9.77. The van der Waals surface area contributed by atoms with E-state index in [0.717, 1.165) is 29.9 Å². The van der Waals surface area contributed by atoms with Gasteiger partial charge in [-0.05, 0) is 0 Å². The Kier molecular flexibility index (Phi) is 5.02. The molecule has 1 rings (SSSR count). The summed E-state index contributed by atoms with van der Waals surface area (Å²) >= 11 is 1.55. The Morgan fingerprint density at radius 1 is 1.00 bits per heavy atom. The molecule has 0 amide bonds. The first kappa shape index (κ1) is 10.3. The van der Waals surface area contributed by atoms with Crippen molar-refractivity contribution in [3.63, 3.8) is 0 Å². The minimum atomic E-state index is 0.774. The van der Waals surface area contributed by atoms with E-state index >= 15 is 0 Å². The number of hydrogen-bond acceptors (Lipinski definition) is 0. The summed E-state index contributed by atoms with van der Waals surface area (Å²) in [4.78, 5) is 0. The van der Waals surface area contributed by atoms with Crippen LogP contribution in [0.5, 0.6) is 0 Å². The molecule has 2 heteroatoms. The average Bonchev–Trinajstić information content (AvgIpc) is 2.06. The first-order chi connectivity index (χ1) is 5.86. The summed E-state index contributed by atoms with van der Waals surface area (Å²) in [6.45, 7) is 0. The molecule has 0 heterocycles. The van der Waals surface area contributed by atoms with Crippen molar-refractivity contribution in [2.45, 2.75) is 22.3 Å². The molecule has 0 N–H and O–H groups in total. The zero-order valence-electron chi connectivity index (χ0n) is 7.54. The van der Waals surface area contributed by atoms with Crippen LogP contribution in [0.4, 0.5) is 0 Å². The Labute approximate surface area is 87.5 Å². The van der Waals surface area contributed by atoms with Crippen molar-refractivity contribution in [1.82, 2.24) is 0 Å². The van der Waals surface area contributed by atoms with Gasteiger partial charge in [-0.2, -0.15) is 0 Å². The summed E-state index contributed by atoms with van der Waals surface area (Å²) in [5.74, 6) is 4.59. The van der Waals surface area contributed by atoms with E-state index in [9.17, 15) is 0 Å². The van der Waals surface area contributed by atoms with Crippen molar-refractivity contribution in [2.75, 3.05) is 0 Å². The summed E-state index contributed by atoms with van der Waals surface area (Å²) in [6.07, 6.45) is 0. The van der Waals surface area contributed by atoms with Crippen molar-refractivity contribution in [1.29, 1.82) is 0 Å². The van der Waals surface area contributed by atoms with Crippen LogP contribution in [0.15, 0.2) is 24.3 Å². The van der Waals surface area contributed by atoms with E-state index < -0.39 is 0 Å². The van der Waals surface area contributed by atoms with Crippen molar-refractivity contribution < 1.29 is 0 Å². The number of benzene rings is 1. The predicted octanol–water partition coefficient (Wildman–Crippen LogP) is 2.19. The molecule has 12 heavy (non-hydrogen) atoms. The van der Waals surface area contributed by atoms with Crippen molar-refractivity contribution in [2.24, 2.45) is 0 Å². The molecule has 66 valence electrons. The van der Waals surface area contributed by atoms with Gasteiger partial charge in [-0.1, -0.05) is 0 Å². The second-order valence-electron chi connectivity index (χ2n) is 2.69. The third-order valence-electron chi connectivity index (χ3n) is 1.61. The second-order valence-corrected chi connectivity index (χ2v) is 6.32. The van der Waals surface area contributed by atoms with Crippen LogP contribution in [-0.2, 0) is 10.6 Å². The van der Waals surface area contributed by atoms with Gasteiger partial charge < -0.3 is 0 Å². The molecule has 0 aliphatic carbocycles. The van der Waals surface area contributed by atoms with Crippen LogP contribution in [0.25, 0.3) is 0 Å². The third-order valence-corrected chi connectivity index (χ3v) is 4.22. The second kappa shape index (κ2) is 5.83. The molecule has 0 bridgehead atoms. The van der Waals surface area contributed by atoms with E-state index in [-0.39, 0.29) is 0 Å². The van der Waals surface area contributed by atoms with Crippen molar-refractivity contribution >= 4 is 29.9 Å². The minimum absolute atomic E-state index is 0.774. The number of hydrogen-bond donors (Lipinski definition) is 0. The average molecular weight is 292 g/mol. The van der Waals surface area contributed by atoms with E-state index in [4.69, 9.17) is 0 Å². The van der Waals surface area contributed by atoms with Gasteiger partial charge in [-0.25, -0.2) is 0 Å². The fraction of sp³-hybridized carbons (Fsp3) is 0.400. The SMILES string of the molecule is C[Se]Cc1cccc(C[Se]C)c1. The summed E-state index contributed by atoms with van der Waals surface area (Å²) in [7, 11) is 0. The van der Waals surface area contributed by atoms with Crippen LogP contribution in [0, 0.1) is 0 Å². The van der Waals surface area contributed by atoms with Gasteiger partial charge in [-0.3, -0.25) is 0 Å². The molecular weight excluding hydrogens is 278 g/mol. The number of rotatable bonds is 4. The summed E-state index contributed by atoms with van der Waals surface area (Å²) < 4.78 is 0. The van der Waals surface area contributed by atoms with Gasteiger partial charge in [0.15, 0.2) is 0 Å². The molecule has 0 spiro atoms. The van der Waals surface area contributed by atoms with Crippen LogP contribution in [0.1, 0.15) is 11.1 Å². The van der Waals surface area contributed by atoms with E-state index in [1.807, 2.05) is 0 Å². The molecule has 1 aromatic rings. The standard InChI is InChI=1S/C10H14Se2/c1-11-7-9-4-3-5-10(6-9)8-12-2/h3-6H,7-8H2,1-2H3. The van der Waals surface area contributed by atoms with E-state index in [0.29, 0.717) is 0 Å². The van der Waals surface area contributed by atoms with E-state index in [2.05, 4.69) is 35.9 Å². The Hall–Kier alpha value is 0.259. The van der Waals surface area contributed by atoms with Crippen LogP contribution in [0.3, 0.4) is 0 Å². The molecule has 0 atom stereocenters. The molecule has 0 saturated carbocycles. The third kappa shape index (κ3) is 3.33. The Morgan fingerprint density at radius 3 is 1.92 bits per heavy atom. The zero-order chi connectivity index (χ0) is 8.81. The fourth-order valence-electron chi connectivity index (χ4n) is 1.14. The van der Waals surface area contributed by atoms with Gasteiger partial charge in [0.1, 0.15) is 0 Å². The van der Waals surface area contributed by atoms with Gasteiger partial charge in [0, 0.05) is 0 Å². The summed E-state index contributed by atoms with van der Waals surface area (Å²) in [6, 6.07) is 9.06. The molecule has 0 radical (unpaired) electrons. The van der Waals surface area contributed by atoms with Crippen LogP contribution in [0.2, 0.25) is 11.6 Å². The van der Waals surface area contributed by atoms with Gasteiger partial charge >= 0.3 is 87.6 Å². The Bertz CT molecular complexity index is 212. The van der Waals surface area contributed by atoms with Gasteiger partial charge in [-0.15, -0.1) is 0 Å². The molecule has 0 fully saturated rings. The van der Waals surface area contributed by atoms with Gasteiger partial charge in [0.05, 0.1) is 0 Å². The van der Waals surface area contributed by atoms with Crippen molar-refractivity contribution in [3.8, 4) is 0 Å². The molecule has 0 saturated heterocycles.